The van der Waals surface area contributed by atoms with Crippen molar-refractivity contribution in [1.82, 2.24) is 4.90 Å². The third kappa shape index (κ3) is 3.98. The number of carboxylic acid groups (broad SMARTS) is 1. The minimum atomic E-state index is -1.03. The number of aliphatic carboxylic acids is 1. The number of fused-ring (bicyclic) bond motifs is 1. The van der Waals surface area contributed by atoms with Crippen molar-refractivity contribution in [1.29, 1.82) is 0 Å². The Morgan fingerprint density at radius 3 is 2.45 bits per heavy atom. The molecular formula is C24H18BrCl2NO3. The summed E-state index contributed by atoms with van der Waals surface area (Å²) in [5.41, 5.74) is 2.29. The van der Waals surface area contributed by atoms with Crippen LogP contribution in [0.1, 0.15) is 52.0 Å². The van der Waals surface area contributed by atoms with Gasteiger partial charge >= 0.3 is 5.97 Å². The number of hydrogen-bond donors (Lipinski definition) is 1. The van der Waals surface area contributed by atoms with E-state index in [9.17, 15) is 14.7 Å². The van der Waals surface area contributed by atoms with Crippen LogP contribution in [0.5, 0.6) is 0 Å². The third-order valence-electron chi connectivity index (χ3n) is 5.67. The van der Waals surface area contributed by atoms with Gasteiger partial charge in [-0.25, -0.2) is 0 Å². The quantitative estimate of drug-likeness (QED) is 0.409. The molecule has 1 heterocycles. The van der Waals surface area contributed by atoms with Crippen LogP contribution in [0.25, 0.3) is 0 Å². The van der Waals surface area contributed by atoms with Crippen LogP contribution in [0.15, 0.2) is 71.2 Å². The number of amides is 1. The van der Waals surface area contributed by atoms with Crippen LogP contribution in [0.4, 0.5) is 0 Å². The van der Waals surface area contributed by atoms with Crippen LogP contribution in [0.2, 0.25) is 10.0 Å². The molecular weight excluding hydrogens is 501 g/mol. The summed E-state index contributed by atoms with van der Waals surface area (Å²) in [6, 6.07) is 18.2. The molecule has 0 fully saturated rings. The lowest BCUT2D eigenvalue weighted by Crippen LogP contribution is -2.46. The molecule has 0 radical (unpaired) electrons. The van der Waals surface area contributed by atoms with E-state index < -0.39 is 24.0 Å². The highest BCUT2D eigenvalue weighted by molar-refractivity contribution is 9.10. The van der Waals surface area contributed by atoms with E-state index in [1.165, 1.54) is 0 Å². The molecule has 0 aliphatic carbocycles. The minimum Gasteiger partial charge on any atom is -0.481 e. The van der Waals surface area contributed by atoms with E-state index in [1.807, 2.05) is 31.2 Å². The smallest absolute Gasteiger partial charge is 0.313 e. The van der Waals surface area contributed by atoms with Gasteiger partial charge in [0.15, 0.2) is 0 Å². The summed E-state index contributed by atoms with van der Waals surface area (Å²) in [5.74, 6) is -2.25. The molecule has 2 unspecified atom stereocenters. The van der Waals surface area contributed by atoms with E-state index in [0.29, 0.717) is 26.7 Å². The van der Waals surface area contributed by atoms with Gasteiger partial charge in [-0.05, 0) is 53.9 Å². The highest BCUT2D eigenvalue weighted by Crippen LogP contribution is 2.48. The monoisotopic (exact) mass is 517 g/mol. The molecule has 4 rings (SSSR count). The lowest BCUT2D eigenvalue weighted by molar-refractivity contribution is -0.140. The van der Waals surface area contributed by atoms with Gasteiger partial charge in [0.25, 0.3) is 5.91 Å². The molecule has 0 saturated heterocycles. The second-order valence-corrected chi connectivity index (χ2v) is 9.22. The molecule has 158 valence electrons. The van der Waals surface area contributed by atoms with Gasteiger partial charge in [-0.2, -0.15) is 0 Å². The van der Waals surface area contributed by atoms with Crippen molar-refractivity contribution < 1.29 is 14.7 Å². The zero-order valence-electron chi connectivity index (χ0n) is 16.4. The molecule has 1 N–H and O–H groups in total. The molecule has 0 saturated carbocycles. The molecule has 1 amide bonds. The first-order chi connectivity index (χ1) is 14.8. The summed E-state index contributed by atoms with van der Waals surface area (Å²) in [4.78, 5) is 27.9. The van der Waals surface area contributed by atoms with E-state index >= 15 is 0 Å². The summed E-state index contributed by atoms with van der Waals surface area (Å²) >= 11 is 16.1. The Hall–Kier alpha value is -2.34. The van der Waals surface area contributed by atoms with Gasteiger partial charge in [0.1, 0.15) is 5.92 Å². The highest BCUT2D eigenvalue weighted by Gasteiger charge is 2.46. The first-order valence-electron chi connectivity index (χ1n) is 9.64. The van der Waals surface area contributed by atoms with Crippen molar-refractivity contribution in [2.24, 2.45) is 0 Å². The van der Waals surface area contributed by atoms with Gasteiger partial charge in [0, 0.05) is 20.1 Å². The van der Waals surface area contributed by atoms with Crippen LogP contribution in [0, 0.1) is 0 Å². The summed E-state index contributed by atoms with van der Waals surface area (Å²) in [6.45, 7) is 1.89. The fourth-order valence-corrected chi connectivity index (χ4v) is 5.18. The highest BCUT2D eigenvalue weighted by atomic mass is 79.9. The first-order valence-corrected chi connectivity index (χ1v) is 11.2. The topological polar surface area (TPSA) is 57.6 Å². The Labute approximate surface area is 198 Å². The summed E-state index contributed by atoms with van der Waals surface area (Å²) in [5, 5.41) is 11.0. The van der Waals surface area contributed by atoms with E-state index in [2.05, 4.69) is 15.9 Å². The van der Waals surface area contributed by atoms with Crippen molar-refractivity contribution in [3.8, 4) is 0 Å². The molecule has 0 aromatic heterocycles. The Balaban J connectivity index is 1.97. The second kappa shape index (κ2) is 8.65. The van der Waals surface area contributed by atoms with Gasteiger partial charge in [0.2, 0.25) is 0 Å². The van der Waals surface area contributed by atoms with Crippen LogP contribution < -0.4 is 0 Å². The molecule has 1 aliphatic heterocycles. The van der Waals surface area contributed by atoms with E-state index in [1.54, 1.807) is 47.4 Å². The minimum absolute atomic E-state index is 0.239. The molecule has 1 aliphatic rings. The summed E-state index contributed by atoms with van der Waals surface area (Å²) in [6.07, 6.45) is 0. The van der Waals surface area contributed by atoms with Gasteiger partial charge in [0.05, 0.1) is 12.1 Å². The van der Waals surface area contributed by atoms with Gasteiger partial charge in [-0.3, -0.25) is 9.59 Å². The Morgan fingerprint density at radius 1 is 1.03 bits per heavy atom. The third-order valence-corrected chi connectivity index (χ3v) is 6.73. The van der Waals surface area contributed by atoms with Gasteiger partial charge in [-0.15, -0.1) is 0 Å². The lowest BCUT2D eigenvalue weighted by atomic mass is 9.78. The van der Waals surface area contributed by atoms with Crippen molar-refractivity contribution >= 4 is 51.0 Å². The maximum Gasteiger partial charge on any atom is 0.313 e. The number of nitrogens with zero attached hydrogens (tertiary/aromatic N) is 1. The van der Waals surface area contributed by atoms with E-state index in [4.69, 9.17) is 23.2 Å². The lowest BCUT2D eigenvalue weighted by Gasteiger charge is -2.44. The number of carbonyl (C=O) groups is 2. The number of hydrogen-bond acceptors (Lipinski definition) is 2. The number of carbonyl (C=O) groups excluding carboxylic acids is 1. The predicted molar refractivity (Wildman–Crippen MR) is 125 cm³/mol. The number of rotatable bonds is 4. The zero-order valence-corrected chi connectivity index (χ0v) is 19.5. The molecule has 3 atom stereocenters. The number of benzene rings is 3. The SMILES string of the molecule is C[C@@H](c1cccc(Br)c1)N1C(=O)c2ccccc2C(C(=O)O)C1c1ccc(Cl)cc1Cl. The van der Waals surface area contributed by atoms with Gasteiger partial charge < -0.3 is 10.0 Å². The van der Waals surface area contributed by atoms with Crippen molar-refractivity contribution in [2.45, 2.75) is 24.9 Å². The Morgan fingerprint density at radius 2 is 1.77 bits per heavy atom. The molecule has 0 spiro atoms. The molecule has 3 aromatic carbocycles. The normalized spacial score (nSPS) is 19.1. The number of halogens is 3. The van der Waals surface area contributed by atoms with Crippen LogP contribution >= 0.6 is 39.1 Å². The number of carboxylic acids is 1. The molecule has 4 nitrogen and oxygen atoms in total. The Kier molecular flexibility index (Phi) is 6.11. The molecule has 7 heteroatoms. The summed E-state index contributed by atoms with van der Waals surface area (Å²) < 4.78 is 0.873. The van der Waals surface area contributed by atoms with Crippen molar-refractivity contribution in [2.75, 3.05) is 0 Å². The Bertz CT molecular complexity index is 1180. The van der Waals surface area contributed by atoms with Crippen LogP contribution in [0.3, 0.4) is 0 Å². The molecule has 0 bridgehead atoms. The largest absolute Gasteiger partial charge is 0.481 e. The van der Waals surface area contributed by atoms with Crippen molar-refractivity contribution in [3.63, 3.8) is 0 Å². The maximum atomic E-state index is 13.7. The summed E-state index contributed by atoms with van der Waals surface area (Å²) in [7, 11) is 0. The van der Waals surface area contributed by atoms with E-state index in [-0.39, 0.29) is 5.91 Å². The zero-order chi connectivity index (χ0) is 22.3. The van der Waals surface area contributed by atoms with E-state index in [0.717, 1.165) is 10.0 Å². The maximum absolute atomic E-state index is 13.7. The van der Waals surface area contributed by atoms with Crippen LogP contribution in [-0.4, -0.2) is 21.9 Å². The fraction of sp³-hybridized carbons (Fsp3) is 0.167. The van der Waals surface area contributed by atoms with Gasteiger partial charge in [-0.1, -0.05) is 75.5 Å². The fourth-order valence-electron chi connectivity index (χ4n) is 4.24. The van der Waals surface area contributed by atoms with Crippen molar-refractivity contribution in [3.05, 3.63) is 104 Å². The second-order valence-electron chi connectivity index (χ2n) is 7.46. The molecule has 31 heavy (non-hydrogen) atoms. The first kappa shape index (κ1) is 21.9. The average Bonchev–Trinajstić information content (AvgIpc) is 2.73. The predicted octanol–water partition coefficient (Wildman–Crippen LogP) is 6.88. The average molecular weight is 519 g/mol. The molecule has 3 aromatic rings. The standard InChI is InChI=1S/C24H18BrCl2NO3/c1-13(14-5-4-6-15(25)11-14)28-22(19-10-9-16(26)12-20(19)27)21(24(30)31)17-7-2-3-8-18(17)23(28)29/h2-13,21-22H,1H3,(H,30,31)/t13-,21?,22?/m0/s1. The van der Waals surface area contributed by atoms with Crippen LogP contribution in [-0.2, 0) is 4.79 Å².